The van der Waals surface area contributed by atoms with Gasteiger partial charge in [-0.2, -0.15) is 0 Å². The van der Waals surface area contributed by atoms with E-state index >= 15 is 0 Å². The van der Waals surface area contributed by atoms with E-state index in [1.807, 2.05) is 37.3 Å². The highest BCUT2D eigenvalue weighted by molar-refractivity contribution is 5.92. The minimum atomic E-state index is -0.629. The second-order valence-corrected chi connectivity index (χ2v) is 11.0. The Kier molecular flexibility index (Phi) is 9.67. The lowest BCUT2D eigenvalue weighted by atomic mass is 9.78. The highest BCUT2D eigenvalue weighted by Gasteiger charge is 2.39. The average Bonchev–Trinajstić information content (AvgIpc) is 3.65. The fraction of sp³-hybridized carbons (Fsp3) is 0.371. The molecule has 9 nitrogen and oxygen atoms in total. The number of fused-ring (bicyclic) bond motifs is 4. The lowest BCUT2D eigenvalue weighted by Gasteiger charge is -2.37. The Morgan fingerprint density at radius 2 is 1.80 bits per heavy atom. The highest BCUT2D eigenvalue weighted by atomic mass is 16.7. The first-order valence-corrected chi connectivity index (χ1v) is 15.3. The number of para-hydroxylation sites is 2. The Hall–Kier alpha value is -4.02. The van der Waals surface area contributed by atoms with Gasteiger partial charge in [0.05, 0.1) is 44.0 Å². The SMILES string of the molecule is CCOC1OC(C(=O)NCc2nc3ccccc3[nH]2)=CC(c2cccc3c2Cc2ccccc2-3)C1CCOCCOCCO. The summed E-state index contributed by atoms with van der Waals surface area (Å²) in [5.74, 6) is 0.380. The third-order valence-electron chi connectivity index (χ3n) is 8.24. The first-order valence-electron chi connectivity index (χ1n) is 15.3. The van der Waals surface area contributed by atoms with Crippen molar-refractivity contribution in [2.45, 2.75) is 38.5 Å². The number of hydrogen-bond donors (Lipinski definition) is 3. The van der Waals surface area contributed by atoms with E-state index in [-0.39, 0.29) is 36.7 Å². The monoisotopic (exact) mass is 597 g/mol. The number of aliphatic hydroxyl groups excluding tert-OH is 1. The zero-order valence-electron chi connectivity index (χ0n) is 25.0. The Labute approximate surface area is 257 Å². The number of aromatic nitrogens is 2. The molecule has 0 spiro atoms. The molecule has 230 valence electrons. The average molecular weight is 598 g/mol. The van der Waals surface area contributed by atoms with Crippen LogP contribution in [0.25, 0.3) is 22.2 Å². The van der Waals surface area contributed by atoms with Crippen molar-refractivity contribution in [3.63, 3.8) is 0 Å². The number of nitrogens with one attached hydrogen (secondary N) is 2. The Bertz CT molecular complexity index is 1580. The van der Waals surface area contributed by atoms with Gasteiger partial charge >= 0.3 is 0 Å². The molecule has 3 atom stereocenters. The van der Waals surface area contributed by atoms with E-state index in [4.69, 9.17) is 24.1 Å². The Morgan fingerprint density at radius 1 is 1.00 bits per heavy atom. The molecule has 3 unspecified atom stereocenters. The molecule has 1 aliphatic carbocycles. The molecule has 2 aliphatic rings. The predicted octanol–water partition coefficient (Wildman–Crippen LogP) is 4.84. The number of carbonyl (C=O) groups is 1. The number of aliphatic hydroxyl groups is 1. The molecule has 0 fully saturated rings. The topological polar surface area (TPSA) is 115 Å². The van der Waals surface area contributed by atoms with E-state index in [0.717, 1.165) is 17.5 Å². The standard InChI is InChI=1S/C35H39N3O6/c1-2-43-35-27(14-16-41-18-19-42-17-15-39)29(26-11-7-10-25-24-9-4-3-8-23(24)20-28(25)26)21-32(44-35)34(40)36-22-33-37-30-12-5-6-13-31(30)38-33/h3-13,21,27,29,35,39H,2,14-20,22H2,1H3,(H,36,40)(H,37,38). The molecular weight excluding hydrogens is 558 g/mol. The number of rotatable bonds is 14. The first kappa shape index (κ1) is 30.0. The van der Waals surface area contributed by atoms with Crippen molar-refractivity contribution in [3.8, 4) is 11.1 Å². The first-order chi connectivity index (χ1) is 21.7. The number of imidazole rings is 1. The van der Waals surface area contributed by atoms with Crippen LogP contribution in [-0.2, 0) is 36.7 Å². The van der Waals surface area contributed by atoms with Gasteiger partial charge in [-0.25, -0.2) is 4.98 Å². The molecule has 1 aliphatic heterocycles. The molecule has 6 rings (SSSR count). The Morgan fingerprint density at radius 3 is 2.64 bits per heavy atom. The summed E-state index contributed by atoms with van der Waals surface area (Å²) in [5.41, 5.74) is 8.02. The molecule has 3 aromatic carbocycles. The fourth-order valence-electron chi connectivity index (χ4n) is 6.24. The van der Waals surface area contributed by atoms with Crippen molar-refractivity contribution in [3.05, 3.63) is 101 Å². The number of nitrogens with zero attached hydrogens (tertiary/aromatic N) is 1. The van der Waals surface area contributed by atoms with Gasteiger partial charge < -0.3 is 34.4 Å². The zero-order chi connectivity index (χ0) is 30.3. The van der Waals surface area contributed by atoms with Crippen LogP contribution in [0, 0.1) is 5.92 Å². The summed E-state index contributed by atoms with van der Waals surface area (Å²) in [6.07, 6.45) is 2.83. The Balaban J connectivity index is 1.26. The van der Waals surface area contributed by atoms with Gasteiger partial charge in [-0.1, -0.05) is 54.6 Å². The molecule has 1 aromatic heterocycles. The van der Waals surface area contributed by atoms with E-state index in [0.29, 0.717) is 45.3 Å². The number of amides is 1. The van der Waals surface area contributed by atoms with Gasteiger partial charge in [-0.05, 0) is 65.8 Å². The van der Waals surface area contributed by atoms with Crippen molar-refractivity contribution in [2.75, 3.05) is 39.6 Å². The maximum absolute atomic E-state index is 13.6. The van der Waals surface area contributed by atoms with Crippen LogP contribution in [0.1, 0.15) is 41.8 Å². The van der Waals surface area contributed by atoms with Gasteiger partial charge in [-0.15, -0.1) is 0 Å². The second kappa shape index (κ2) is 14.2. The lowest BCUT2D eigenvalue weighted by molar-refractivity contribution is -0.168. The van der Waals surface area contributed by atoms with Crippen molar-refractivity contribution < 1.29 is 28.8 Å². The van der Waals surface area contributed by atoms with Gasteiger partial charge in [0.2, 0.25) is 6.29 Å². The summed E-state index contributed by atoms with van der Waals surface area (Å²) >= 11 is 0. The molecule has 9 heteroatoms. The van der Waals surface area contributed by atoms with Crippen molar-refractivity contribution in [1.82, 2.24) is 15.3 Å². The number of benzene rings is 3. The van der Waals surface area contributed by atoms with E-state index in [1.165, 1.54) is 27.8 Å². The number of hydrogen-bond acceptors (Lipinski definition) is 7. The molecule has 0 radical (unpaired) electrons. The minimum Gasteiger partial charge on any atom is -0.459 e. The normalized spacial score (nSPS) is 18.9. The minimum absolute atomic E-state index is 0.0110. The van der Waals surface area contributed by atoms with Crippen molar-refractivity contribution in [2.24, 2.45) is 5.92 Å². The molecule has 3 N–H and O–H groups in total. The molecule has 0 saturated carbocycles. The predicted molar refractivity (Wildman–Crippen MR) is 167 cm³/mol. The maximum Gasteiger partial charge on any atom is 0.286 e. The van der Waals surface area contributed by atoms with Crippen LogP contribution >= 0.6 is 0 Å². The number of ether oxygens (including phenoxy) is 4. The zero-order valence-corrected chi connectivity index (χ0v) is 25.0. The quantitative estimate of drug-likeness (QED) is 0.157. The molecule has 0 saturated heterocycles. The summed E-state index contributed by atoms with van der Waals surface area (Å²) in [5, 5.41) is 11.9. The van der Waals surface area contributed by atoms with Crippen LogP contribution in [0.3, 0.4) is 0 Å². The summed E-state index contributed by atoms with van der Waals surface area (Å²) in [7, 11) is 0. The third kappa shape index (κ3) is 6.56. The van der Waals surface area contributed by atoms with Crippen LogP contribution in [0.15, 0.2) is 78.6 Å². The van der Waals surface area contributed by atoms with Gasteiger partial charge in [0, 0.05) is 25.0 Å². The van der Waals surface area contributed by atoms with Crippen molar-refractivity contribution in [1.29, 1.82) is 0 Å². The number of H-pyrrole nitrogens is 1. The second-order valence-electron chi connectivity index (χ2n) is 11.0. The van der Waals surface area contributed by atoms with E-state index in [2.05, 4.69) is 57.7 Å². The largest absolute Gasteiger partial charge is 0.459 e. The highest BCUT2D eigenvalue weighted by Crippen LogP contribution is 2.45. The van der Waals surface area contributed by atoms with Gasteiger partial charge in [0.25, 0.3) is 5.91 Å². The maximum atomic E-state index is 13.6. The molecular formula is C35H39N3O6. The molecule has 4 aromatic rings. The smallest absolute Gasteiger partial charge is 0.286 e. The van der Waals surface area contributed by atoms with Crippen LogP contribution in [-0.4, -0.2) is 66.9 Å². The number of aromatic amines is 1. The number of allylic oxidation sites excluding steroid dienone is 1. The summed E-state index contributed by atoms with van der Waals surface area (Å²) in [6.45, 7) is 4.22. The van der Waals surface area contributed by atoms with Crippen LogP contribution in [0.2, 0.25) is 0 Å². The van der Waals surface area contributed by atoms with Crippen LogP contribution in [0.5, 0.6) is 0 Å². The van der Waals surface area contributed by atoms with Gasteiger partial charge in [0.1, 0.15) is 5.82 Å². The molecule has 0 bridgehead atoms. The van der Waals surface area contributed by atoms with E-state index < -0.39 is 6.29 Å². The van der Waals surface area contributed by atoms with Gasteiger partial charge in [-0.3, -0.25) is 4.79 Å². The van der Waals surface area contributed by atoms with Crippen LogP contribution in [0.4, 0.5) is 0 Å². The third-order valence-corrected chi connectivity index (χ3v) is 8.24. The molecule has 2 heterocycles. The lowest BCUT2D eigenvalue weighted by Crippen LogP contribution is -2.39. The summed E-state index contributed by atoms with van der Waals surface area (Å²) in [4.78, 5) is 21.4. The van der Waals surface area contributed by atoms with Crippen LogP contribution < -0.4 is 5.32 Å². The fourth-order valence-corrected chi connectivity index (χ4v) is 6.24. The van der Waals surface area contributed by atoms with Crippen molar-refractivity contribution >= 4 is 16.9 Å². The molecule has 1 amide bonds. The molecule has 44 heavy (non-hydrogen) atoms. The van der Waals surface area contributed by atoms with E-state index in [1.54, 1.807) is 0 Å². The van der Waals surface area contributed by atoms with Gasteiger partial charge in [0.15, 0.2) is 5.76 Å². The summed E-state index contributed by atoms with van der Waals surface area (Å²) < 4.78 is 23.7. The number of carbonyl (C=O) groups excluding carboxylic acids is 1. The van der Waals surface area contributed by atoms with E-state index in [9.17, 15) is 4.79 Å². The summed E-state index contributed by atoms with van der Waals surface area (Å²) in [6, 6.07) is 22.7.